The standard InChI is InChI=1S/C13H23NO3/c1-5-9-16-10-11-7-6-8-14(11)12(15)17-13(2,3)4/h5,11H,1,6-10H2,2-4H3/t11-/m1/s1. The summed E-state index contributed by atoms with van der Waals surface area (Å²) in [5.41, 5.74) is -0.438. The number of carbonyl (C=O) groups excluding carboxylic acids is 1. The van der Waals surface area contributed by atoms with E-state index < -0.39 is 5.60 Å². The fourth-order valence-corrected chi connectivity index (χ4v) is 1.86. The first kappa shape index (κ1) is 14.0. The molecule has 1 amide bonds. The summed E-state index contributed by atoms with van der Waals surface area (Å²) >= 11 is 0. The number of carbonyl (C=O) groups is 1. The fraction of sp³-hybridized carbons (Fsp3) is 0.769. The van der Waals surface area contributed by atoms with Crippen LogP contribution in [0.4, 0.5) is 4.79 Å². The summed E-state index contributed by atoms with van der Waals surface area (Å²) in [4.78, 5) is 13.7. The molecule has 0 unspecified atom stereocenters. The number of nitrogens with zero attached hydrogens (tertiary/aromatic N) is 1. The summed E-state index contributed by atoms with van der Waals surface area (Å²) in [5, 5.41) is 0. The summed E-state index contributed by atoms with van der Waals surface area (Å²) in [6, 6.07) is 0.143. The molecule has 1 aliphatic heterocycles. The van der Waals surface area contributed by atoms with Crippen molar-refractivity contribution in [3.63, 3.8) is 0 Å². The highest BCUT2D eigenvalue weighted by atomic mass is 16.6. The summed E-state index contributed by atoms with van der Waals surface area (Å²) in [6.07, 6.45) is 3.48. The molecule has 98 valence electrons. The van der Waals surface area contributed by atoms with Crippen molar-refractivity contribution >= 4 is 6.09 Å². The Hall–Kier alpha value is -1.03. The number of ether oxygens (including phenoxy) is 2. The summed E-state index contributed by atoms with van der Waals surface area (Å²) in [7, 11) is 0. The maximum Gasteiger partial charge on any atom is 0.410 e. The zero-order chi connectivity index (χ0) is 12.9. The summed E-state index contributed by atoms with van der Waals surface area (Å²) in [5.74, 6) is 0. The van der Waals surface area contributed by atoms with Gasteiger partial charge >= 0.3 is 6.09 Å². The van der Waals surface area contributed by atoms with Crippen LogP contribution in [0.15, 0.2) is 12.7 Å². The Kier molecular flexibility index (Phi) is 5.00. The van der Waals surface area contributed by atoms with Gasteiger partial charge in [-0.05, 0) is 33.6 Å². The normalized spacial score (nSPS) is 20.4. The Morgan fingerprint density at radius 1 is 1.53 bits per heavy atom. The Bertz CT molecular complexity index is 270. The Morgan fingerprint density at radius 3 is 2.82 bits per heavy atom. The van der Waals surface area contributed by atoms with E-state index in [2.05, 4.69) is 6.58 Å². The van der Waals surface area contributed by atoms with Crippen LogP contribution in [0.3, 0.4) is 0 Å². The lowest BCUT2D eigenvalue weighted by atomic mass is 10.2. The SMILES string of the molecule is C=CCOC[C@H]1CCCN1C(=O)OC(C)(C)C. The lowest BCUT2D eigenvalue weighted by Gasteiger charge is -2.28. The molecule has 0 bridgehead atoms. The second kappa shape index (κ2) is 6.05. The molecule has 0 saturated carbocycles. The van der Waals surface area contributed by atoms with Crippen LogP contribution in [0.5, 0.6) is 0 Å². The third-order valence-corrected chi connectivity index (χ3v) is 2.55. The average Bonchev–Trinajstić information content (AvgIpc) is 2.64. The molecule has 0 spiro atoms. The van der Waals surface area contributed by atoms with Crippen LogP contribution >= 0.6 is 0 Å². The minimum atomic E-state index is -0.438. The van der Waals surface area contributed by atoms with Crippen molar-refractivity contribution in [3.8, 4) is 0 Å². The van der Waals surface area contributed by atoms with Gasteiger partial charge in [-0.3, -0.25) is 0 Å². The van der Waals surface area contributed by atoms with E-state index in [0.29, 0.717) is 13.2 Å². The van der Waals surface area contributed by atoms with Crippen molar-refractivity contribution in [2.45, 2.75) is 45.3 Å². The molecule has 0 aromatic carbocycles. The predicted octanol–water partition coefficient (Wildman–Crippen LogP) is 2.59. The van der Waals surface area contributed by atoms with E-state index in [4.69, 9.17) is 9.47 Å². The van der Waals surface area contributed by atoms with Gasteiger partial charge in [-0.2, -0.15) is 0 Å². The van der Waals surface area contributed by atoms with Crippen LogP contribution < -0.4 is 0 Å². The molecule has 0 N–H and O–H groups in total. The smallest absolute Gasteiger partial charge is 0.410 e. The number of hydrogen-bond acceptors (Lipinski definition) is 3. The molecule has 1 fully saturated rings. The minimum Gasteiger partial charge on any atom is -0.444 e. The number of hydrogen-bond donors (Lipinski definition) is 0. The topological polar surface area (TPSA) is 38.8 Å². The van der Waals surface area contributed by atoms with Crippen LogP contribution in [-0.4, -0.2) is 42.4 Å². The average molecular weight is 241 g/mol. The Labute approximate surface area is 104 Å². The molecule has 0 aromatic rings. The summed E-state index contributed by atoms with van der Waals surface area (Å²) < 4.78 is 10.8. The van der Waals surface area contributed by atoms with Gasteiger partial charge in [0.25, 0.3) is 0 Å². The molecule has 0 aromatic heterocycles. The van der Waals surface area contributed by atoms with E-state index in [-0.39, 0.29) is 12.1 Å². The van der Waals surface area contributed by atoms with E-state index in [9.17, 15) is 4.79 Å². The van der Waals surface area contributed by atoms with Gasteiger partial charge in [-0.15, -0.1) is 6.58 Å². The molecule has 1 heterocycles. The Balaban J connectivity index is 2.45. The quantitative estimate of drug-likeness (QED) is 0.561. The monoisotopic (exact) mass is 241 g/mol. The third-order valence-electron chi connectivity index (χ3n) is 2.55. The van der Waals surface area contributed by atoms with Gasteiger partial charge in [0.1, 0.15) is 5.60 Å². The minimum absolute atomic E-state index is 0.143. The largest absolute Gasteiger partial charge is 0.444 e. The first-order valence-corrected chi connectivity index (χ1v) is 6.12. The van der Waals surface area contributed by atoms with Gasteiger partial charge in [0.05, 0.1) is 19.3 Å². The molecule has 0 aliphatic carbocycles. The zero-order valence-corrected chi connectivity index (χ0v) is 11.1. The maximum atomic E-state index is 11.9. The first-order chi connectivity index (χ1) is 7.94. The van der Waals surface area contributed by atoms with Gasteiger partial charge in [-0.1, -0.05) is 6.08 Å². The maximum absolute atomic E-state index is 11.9. The van der Waals surface area contributed by atoms with Crippen molar-refractivity contribution < 1.29 is 14.3 Å². The van der Waals surface area contributed by atoms with Crippen LogP contribution in [0, 0.1) is 0 Å². The van der Waals surface area contributed by atoms with Crippen molar-refractivity contribution in [2.75, 3.05) is 19.8 Å². The van der Waals surface area contributed by atoms with Crippen molar-refractivity contribution in [2.24, 2.45) is 0 Å². The van der Waals surface area contributed by atoms with Gasteiger partial charge in [0, 0.05) is 6.54 Å². The molecule has 17 heavy (non-hydrogen) atoms. The van der Waals surface area contributed by atoms with Gasteiger partial charge in [-0.25, -0.2) is 4.79 Å². The predicted molar refractivity (Wildman–Crippen MR) is 67.0 cm³/mol. The van der Waals surface area contributed by atoms with Gasteiger partial charge in [0.15, 0.2) is 0 Å². The molecular formula is C13H23NO3. The van der Waals surface area contributed by atoms with E-state index in [1.54, 1.807) is 11.0 Å². The summed E-state index contributed by atoms with van der Waals surface area (Å²) in [6.45, 7) is 11.1. The second-order valence-corrected chi connectivity index (χ2v) is 5.30. The molecule has 4 nitrogen and oxygen atoms in total. The number of amides is 1. The molecule has 4 heteroatoms. The van der Waals surface area contributed by atoms with Crippen molar-refractivity contribution in [1.29, 1.82) is 0 Å². The van der Waals surface area contributed by atoms with Crippen LogP contribution in [-0.2, 0) is 9.47 Å². The Morgan fingerprint density at radius 2 is 2.24 bits per heavy atom. The van der Waals surface area contributed by atoms with Crippen LogP contribution in [0.2, 0.25) is 0 Å². The first-order valence-electron chi connectivity index (χ1n) is 6.12. The molecule has 1 saturated heterocycles. The number of rotatable bonds is 4. The lowest BCUT2D eigenvalue weighted by molar-refractivity contribution is 0.0128. The van der Waals surface area contributed by atoms with Gasteiger partial charge in [0.2, 0.25) is 0 Å². The van der Waals surface area contributed by atoms with E-state index >= 15 is 0 Å². The van der Waals surface area contributed by atoms with E-state index in [0.717, 1.165) is 19.4 Å². The highest BCUT2D eigenvalue weighted by molar-refractivity contribution is 5.68. The van der Waals surface area contributed by atoms with E-state index in [1.165, 1.54) is 0 Å². The van der Waals surface area contributed by atoms with Gasteiger partial charge < -0.3 is 14.4 Å². The lowest BCUT2D eigenvalue weighted by Crippen LogP contribution is -2.41. The fourth-order valence-electron chi connectivity index (χ4n) is 1.86. The highest BCUT2D eigenvalue weighted by Crippen LogP contribution is 2.20. The number of likely N-dealkylation sites (tertiary alicyclic amines) is 1. The van der Waals surface area contributed by atoms with Crippen LogP contribution in [0.1, 0.15) is 33.6 Å². The third kappa shape index (κ3) is 4.77. The molecule has 1 rings (SSSR count). The van der Waals surface area contributed by atoms with Crippen molar-refractivity contribution in [1.82, 2.24) is 4.90 Å². The molecule has 1 aliphatic rings. The zero-order valence-electron chi connectivity index (χ0n) is 11.1. The second-order valence-electron chi connectivity index (χ2n) is 5.30. The molecule has 0 radical (unpaired) electrons. The molecule has 1 atom stereocenters. The molecular weight excluding hydrogens is 218 g/mol. The van der Waals surface area contributed by atoms with E-state index in [1.807, 2.05) is 20.8 Å². The highest BCUT2D eigenvalue weighted by Gasteiger charge is 2.31. The van der Waals surface area contributed by atoms with Crippen LogP contribution in [0.25, 0.3) is 0 Å². The van der Waals surface area contributed by atoms with Crippen molar-refractivity contribution in [3.05, 3.63) is 12.7 Å².